The Kier molecular flexibility index (Phi) is 4.66. The highest BCUT2D eigenvalue weighted by Crippen LogP contribution is 2.17. The number of amides is 1. The quantitative estimate of drug-likeness (QED) is 0.819. The monoisotopic (exact) mass is 264 g/mol. The molecule has 0 spiro atoms. The van der Waals surface area contributed by atoms with Gasteiger partial charge in [0.05, 0.1) is 13.1 Å². The van der Waals surface area contributed by atoms with Gasteiger partial charge in [-0.05, 0) is 19.1 Å². The first-order chi connectivity index (χ1) is 8.29. The number of hydrogen-bond donors (Lipinski definition) is 2. The summed E-state index contributed by atoms with van der Waals surface area (Å²) in [7, 11) is 0. The lowest BCUT2D eigenvalue weighted by atomic mass is 10.2. The molecule has 0 unspecified atom stereocenters. The highest BCUT2D eigenvalue weighted by atomic mass is 19.4. The molecule has 1 aromatic rings. The van der Waals surface area contributed by atoms with Crippen molar-refractivity contribution in [1.29, 1.82) is 0 Å². The molecule has 1 aromatic carbocycles. The number of hydrogen-bond acceptors (Lipinski definition) is 2. The number of benzene rings is 1. The van der Waals surface area contributed by atoms with Gasteiger partial charge in [0.25, 0.3) is 0 Å². The molecule has 3 nitrogen and oxygen atoms in total. The standard InChI is InChI=1S/C11H12F4N2O/c1-7-8(12)3-2-4-9(7)17-10(18)5-16-6-11(13,14)15/h2-4,16H,5-6H2,1H3,(H,17,18). The van der Waals surface area contributed by atoms with Crippen molar-refractivity contribution in [1.82, 2.24) is 5.32 Å². The maximum atomic E-state index is 13.1. The van der Waals surface area contributed by atoms with Gasteiger partial charge in [-0.3, -0.25) is 4.79 Å². The minimum atomic E-state index is -4.37. The summed E-state index contributed by atoms with van der Waals surface area (Å²) in [6, 6.07) is 4.11. The van der Waals surface area contributed by atoms with Crippen LogP contribution in [0.2, 0.25) is 0 Å². The van der Waals surface area contributed by atoms with Crippen molar-refractivity contribution in [3.8, 4) is 0 Å². The second-order valence-corrected chi connectivity index (χ2v) is 3.68. The Labute approximate surface area is 101 Å². The fourth-order valence-corrected chi connectivity index (χ4v) is 1.26. The predicted octanol–water partition coefficient (Wildman–Crippen LogP) is 2.22. The fourth-order valence-electron chi connectivity index (χ4n) is 1.26. The highest BCUT2D eigenvalue weighted by Gasteiger charge is 2.26. The van der Waals surface area contributed by atoms with E-state index in [1.165, 1.54) is 25.1 Å². The Hall–Kier alpha value is -1.63. The largest absolute Gasteiger partial charge is 0.401 e. The molecular formula is C11H12F4N2O. The van der Waals surface area contributed by atoms with E-state index in [1.54, 1.807) is 0 Å². The van der Waals surface area contributed by atoms with Crippen LogP contribution in [0, 0.1) is 12.7 Å². The molecule has 1 rings (SSSR count). The number of anilines is 1. The topological polar surface area (TPSA) is 41.1 Å². The zero-order valence-electron chi connectivity index (χ0n) is 9.57. The van der Waals surface area contributed by atoms with E-state index in [-0.39, 0.29) is 11.3 Å². The Morgan fingerprint density at radius 1 is 1.33 bits per heavy atom. The van der Waals surface area contributed by atoms with Crippen LogP contribution in [0.5, 0.6) is 0 Å². The second kappa shape index (κ2) is 5.81. The maximum Gasteiger partial charge on any atom is 0.401 e. The number of rotatable bonds is 4. The maximum absolute atomic E-state index is 13.1. The third kappa shape index (κ3) is 4.70. The average molecular weight is 264 g/mol. The van der Waals surface area contributed by atoms with Gasteiger partial charge in [0.1, 0.15) is 5.82 Å². The molecule has 0 bridgehead atoms. The van der Waals surface area contributed by atoms with Crippen molar-refractivity contribution < 1.29 is 22.4 Å². The zero-order valence-corrected chi connectivity index (χ0v) is 9.57. The van der Waals surface area contributed by atoms with E-state index in [9.17, 15) is 22.4 Å². The molecule has 1 amide bonds. The number of carbonyl (C=O) groups excluding carboxylic acids is 1. The summed E-state index contributed by atoms with van der Waals surface area (Å²) >= 11 is 0. The molecule has 0 radical (unpaired) electrons. The smallest absolute Gasteiger partial charge is 0.325 e. The van der Waals surface area contributed by atoms with Crippen LogP contribution in [0.4, 0.5) is 23.2 Å². The third-order valence-electron chi connectivity index (χ3n) is 2.15. The molecule has 0 aliphatic rings. The molecular weight excluding hydrogens is 252 g/mol. The summed E-state index contributed by atoms with van der Waals surface area (Å²) in [4.78, 5) is 11.3. The van der Waals surface area contributed by atoms with Crippen molar-refractivity contribution in [2.45, 2.75) is 13.1 Å². The van der Waals surface area contributed by atoms with Gasteiger partial charge in [0, 0.05) is 11.3 Å². The van der Waals surface area contributed by atoms with Crippen LogP contribution in [-0.4, -0.2) is 25.2 Å². The Morgan fingerprint density at radius 2 is 2.00 bits per heavy atom. The minimum absolute atomic E-state index is 0.238. The van der Waals surface area contributed by atoms with Gasteiger partial charge in [0.2, 0.25) is 5.91 Å². The summed E-state index contributed by atoms with van der Waals surface area (Å²) in [5, 5.41) is 4.28. The lowest BCUT2D eigenvalue weighted by molar-refractivity contribution is -0.126. The molecule has 100 valence electrons. The van der Waals surface area contributed by atoms with Crippen molar-refractivity contribution in [2.24, 2.45) is 0 Å². The molecule has 0 saturated heterocycles. The SMILES string of the molecule is Cc1c(F)cccc1NC(=O)CNCC(F)(F)F. The van der Waals surface area contributed by atoms with Crippen molar-refractivity contribution in [3.05, 3.63) is 29.6 Å². The summed E-state index contributed by atoms with van der Waals surface area (Å²) in [6.07, 6.45) is -4.37. The molecule has 18 heavy (non-hydrogen) atoms. The Bertz CT molecular complexity index is 432. The number of carbonyl (C=O) groups is 1. The lowest BCUT2D eigenvalue weighted by Gasteiger charge is -2.10. The predicted molar refractivity (Wildman–Crippen MR) is 58.7 cm³/mol. The first-order valence-electron chi connectivity index (χ1n) is 5.12. The summed E-state index contributed by atoms with van der Waals surface area (Å²) in [5.74, 6) is -1.15. The highest BCUT2D eigenvalue weighted by molar-refractivity contribution is 5.92. The van der Waals surface area contributed by atoms with E-state index in [2.05, 4.69) is 5.32 Å². The molecule has 0 aromatic heterocycles. The van der Waals surface area contributed by atoms with Crippen LogP contribution in [0.25, 0.3) is 0 Å². The van der Waals surface area contributed by atoms with E-state index in [0.717, 1.165) is 0 Å². The van der Waals surface area contributed by atoms with Gasteiger partial charge >= 0.3 is 6.18 Å². The average Bonchev–Trinajstić information content (AvgIpc) is 2.23. The van der Waals surface area contributed by atoms with Crippen LogP contribution < -0.4 is 10.6 Å². The fraction of sp³-hybridized carbons (Fsp3) is 0.364. The second-order valence-electron chi connectivity index (χ2n) is 3.68. The van der Waals surface area contributed by atoms with Crippen LogP contribution in [-0.2, 0) is 4.79 Å². The van der Waals surface area contributed by atoms with Crippen LogP contribution in [0.3, 0.4) is 0 Å². The molecule has 0 saturated carbocycles. The van der Waals surface area contributed by atoms with Crippen molar-refractivity contribution in [2.75, 3.05) is 18.4 Å². The van der Waals surface area contributed by atoms with E-state index in [0.29, 0.717) is 0 Å². The third-order valence-corrected chi connectivity index (χ3v) is 2.15. The molecule has 0 heterocycles. The molecule has 0 aliphatic heterocycles. The minimum Gasteiger partial charge on any atom is -0.325 e. The Morgan fingerprint density at radius 3 is 2.61 bits per heavy atom. The first-order valence-corrected chi connectivity index (χ1v) is 5.12. The summed E-state index contributed by atoms with van der Waals surface area (Å²) in [6.45, 7) is -0.272. The number of nitrogens with one attached hydrogen (secondary N) is 2. The molecule has 0 aliphatic carbocycles. The van der Waals surface area contributed by atoms with E-state index < -0.39 is 31.0 Å². The molecule has 7 heteroatoms. The van der Waals surface area contributed by atoms with E-state index in [1.807, 2.05) is 5.32 Å². The van der Waals surface area contributed by atoms with E-state index in [4.69, 9.17) is 0 Å². The molecule has 0 fully saturated rings. The normalized spacial score (nSPS) is 11.4. The van der Waals surface area contributed by atoms with Crippen molar-refractivity contribution in [3.63, 3.8) is 0 Å². The van der Waals surface area contributed by atoms with Gasteiger partial charge in [-0.2, -0.15) is 13.2 Å². The molecule has 2 N–H and O–H groups in total. The van der Waals surface area contributed by atoms with Gasteiger partial charge in [-0.1, -0.05) is 6.07 Å². The lowest BCUT2D eigenvalue weighted by Crippen LogP contribution is -2.35. The van der Waals surface area contributed by atoms with Crippen LogP contribution in [0.15, 0.2) is 18.2 Å². The molecule has 0 atom stereocenters. The van der Waals surface area contributed by atoms with Gasteiger partial charge in [-0.25, -0.2) is 4.39 Å². The number of alkyl halides is 3. The van der Waals surface area contributed by atoms with Crippen LogP contribution >= 0.6 is 0 Å². The number of halogens is 4. The van der Waals surface area contributed by atoms with Gasteiger partial charge < -0.3 is 10.6 Å². The summed E-state index contributed by atoms with van der Waals surface area (Å²) < 4.78 is 48.5. The summed E-state index contributed by atoms with van der Waals surface area (Å²) in [5.41, 5.74) is 0.482. The van der Waals surface area contributed by atoms with Gasteiger partial charge in [0.15, 0.2) is 0 Å². The van der Waals surface area contributed by atoms with Crippen molar-refractivity contribution >= 4 is 11.6 Å². The first kappa shape index (κ1) is 14.4. The van der Waals surface area contributed by atoms with E-state index >= 15 is 0 Å². The zero-order chi connectivity index (χ0) is 13.8. The van der Waals surface area contributed by atoms with Gasteiger partial charge in [-0.15, -0.1) is 0 Å². The Balaban J connectivity index is 2.48. The van der Waals surface area contributed by atoms with Crippen LogP contribution in [0.1, 0.15) is 5.56 Å².